The number of rotatable bonds is 24. The lowest BCUT2D eigenvalue weighted by atomic mass is 10.1. The molecular formula is C48H66ClN10O29P3. The maximum Gasteiger partial charge on any atom is 0.527 e. The number of Topliss-reactive ketones (excluding diaryl/α,β-unsaturated/α-hetero) is 3. The van der Waals surface area contributed by atoms with Gasteiger partial charge in [0.15, 0.2) is 36.0 Å². The van der Waals surface area contributed by atoms with Gasteiger partial charge in [0, 0.05) is 37.9 Å². The first-order chi connectivity index (χ1) is 42.0. The Hall–Kier alpha value is -6.91. The highest BCUT2D eigenvalue weighted by molar-refractivity contribution is 7.48. The minimum Gasteiger partial charge on any atom is -0.432 e. The second-order valence-electron chi connectivity index (χ2n) is 19.5. The molecule has 3 saturated heterocycles. The first-order valence-electron chi connectivity index (χ1n) is 25.9. The number of anilines is 3. The number of hydrogen-bond acceptors (Lipinski definition) is 32. The predicted molar refractivity (Wildman–Crippen MR) is 306 cm³/mol. The van der Waals surface area contributed by atoms with Crippen molar-refractivity contribution in [3.8, 4) is 11.5 Å². The highest BCUT2D eigenvalue weighted by Crippen LogP contribution is 2.48. The van der Waals surface area contributed by atoms with Crippen LogP contribution < -0.4 is 26.2 Å². The van der Waals surface area contributed by atoms with Gasteiger partial charge in [0.25, 0.3) is 5.69 Å². The van der Waals surface area contributed by atoms with E-state index >= 15 is 0 Å². The number of halogens is 1. The summed E-state index contributed by atoms with van der Waals surface area (Å²) < 4.78 is 93.6. The second-order valence-corrected chi connectivity index (χ2v) is 24.1. The summed E-state index contributed by atoms with van der Waals surface area (Å²) in [5, 5.41) is 72.3. The van der Waals surface area contributed by atoms with Crippen molar-refractivity contribution >= 4 is 81.7 Å². The number of ether oxygens (including phenoxy) is 5. The van der Waals surface area contributed by atoms with Crippen LogP contribution in [0.5, 0.6) is 11.5 Å². The van der Waals surface area contributed by atoms with E-state index in [0.29, 0.717) is 5.02 Å². The number of benzene rings is 2. The Labute approximate surface area is 519 Å². The number of non-ortho nitro benzene ring substituents is 1. The summed E-state index contributed by atoms with van der Waals surface area (Å²) in [6, 6.07) is 10.1. The highest BCUT2D eigenvalue weighted by atomic mass is 35.5. The predicted octanol–water partition coefficient (Wildman–Crippen LogP) is 2.10. The Kier molecular flexibility index (Phi) is 26.0. The van der Waals surface area contributed by atoms with Crippen LogP contribution in [0.25, 0.3) is 0 Å². The van der Waals surface area contributed by atoms with Gasteiger partial charge in [-0.1, -0.05) is 19.0 Å². The van der Waals surface area contributed by atoms with E-state index in [1.807, 2.05) is 0 Å². The van der Waals surface area contributed by atoms with E-state index in [-0.39, 0.29) is 64.9 Å². The van der Waals surface area contributed by atoms with Crippen molar-refractivity contribution in [3.05, 3.63) is 99.7 Å². The number of imidazole rings is 3. The van der Waals surface area contributed by atoms with E-state index in [2.05, 4.69) is 28.9 Å². The van der Waals surface area contributed by atoms with Gasteiger partial charge in [-0.05, 0) is 50.2 Å². The number of aliphatic hydroxyl groups excluding tert-OH is 6. The third kappa shape index (κ3) is 19.6. The van der Waals surface area contributed by atoms with Gasteiger partial charge in [0.2, 0.25) is 6.79 Å². The van der Waals surface area contributed by atoms with Gasteiger partial charge in [-0.2, -0.15) is 0 Å². The van der Waals surface area contributed by atoms with E-state index in [1.54, 1.807) is 13.8 Å². The third-order valence-electron chi connectivity index (χ3n) is 12.6. The molecule has 5 aromatic rings. The molecule has 0 bridgehead atoms. The standard InChI is InChI=1S/C16H19ClN3O8P.C16H19N4O10P.C15H24N3O11P.CH4/c1-8(21)12-15(18)20(7-19-12)16-14(23)13(22)11(27-16)6-26-29(24,25)28-10-4-2-9(17)3-5-10;1-8(21)12-15(17)19(7-18-12)16-14(23)13(22)11(29-16)6-28-31(26,27)30-10-4-2-9(3-5-10)20(24)25;1-7(2)28-15(22)25-6-27-30(23,24)26-4-9-11(20)12(21)14(29-9)18-5-17-10(8(3)19)13(18)16;/h2-5,7,11,13-14,16,22-23H,6,18H2,1H3,(H,24,25);2-5,7,11,13-14,16,22-23H,6,17H2,1H3,(H,26,27);5,7,9,11-12,14,20-21H,4,6,16H2,1-3H3,(H,23,24);1H4/t2*11-,13-,14-,16-;9-,11-,12-,14-;/m111./s1. The lowest BCUT2D eigenvalue weighted by Crippen LogP contribution is -2.33. The quantitative estimate of drug-likeness (QED) is 0.0105. The molecule has 504 valence electrons. The summed E-state index contributed by atoms with van der Waals surface area (Å²) >= 11 is 5.73. The number of carbonyl (C=O) groups is 4. The van der Waals surface area contributed by atoms with Crippen molar-refractivity contribution in [1.29, 1.82) is 0 Å². The molecule has 43 heteroatoms. The van der Waals surface area contributed by atoms with Crippen molar-refractivity contribution in [1.82, 2.24) is 28.7 Å². The fourth-order valence-electron chi connectivity index (χ4n) is 8.17. The van der Waals surface area contributed by atoms with Crippen LogP contribution in [0.15, 0.2) is 67.5 Å². The monoisotopic (exact) mass is 1370 g/mol. The van der Waals surface area contributed by atoms with Crippen LogP contribution in [0.3, 0.4) is 0 Å². The van der Waals surface area contributed by atoms with Crippen molar-refractivity contribution in [2.45, 2.75) is 122 Å². The van der Waals surface area contributed by atoms with Crippen LogP contribution in [0.1, 0.15) is 92.2 Å². The molecule has 39 nitrogen and oxygen atoms in total. The molecule has 91 heavy (non-hydrogen) atoms. The molecule has 3 aromatic heterocycles. The molecule has 0 saturated carbocycles. The van der Waals surface area contributed by atoms with Crippen LogP contribution >= 0.6 is 35.1 Å². The van der Waals surface area contributed by atoms with E-state index in [1.165, 1.54) is 55.9 Å². The van der Waals surface area contributed by atoms with Crippen LogP contribution in [0.2, 0.25) is 5.02 Å². The van der Waals surface area contributed by atoms with Gasteiger partial charge in [0.05, 0.1) is 49.8 Å². The Balaban J connectivity index is 0.000000247. The van der Waals surface area contributed by atoms with Crippen LogP contribution in [0, 0.1) is 10.1 Å². The maximum atomic E-state index is 12.1. The number of nitrogens with two attached hydrogens (primary N) is 3. The molecule has 2 aromatic carbocycles. The average Bonchev–Trinajstić information content (AvgIpc) is 1.70. The molecule has 15 N–H and O–H groups in total. The van der Waals surface area contributed by atoms with Gasteiger partial charge in [-0.25, -0.2) is 38.0 Å². The zero-order chi connectivity index (χ0) is 66.9. The van der Waals surface area contributed by atoms with E-state index in [0.717, 1.165) is 46.1 Å². The van der Waals surface area contributed by atoms with Crippen LogP contribution in [-0.4, -0.2) is 190 Å². The van der Waals surface area contributed by atoms with Gasteiger partial charge < -0.3 is 85.5 Å². The summed E-state index contributed by atoms with van der Waals surface area (Å²) in [6.07, 6.45) is -14.3. The fraction of sp³-hybridized carbons (Fsp3) is 0.479. The number of phosphoric acid groups is 3. The average molecular weight is 1380 g/mol. The van der Waals surface area contributed by atoms with E-state index in [9.17, 15) is 88.3 Å². The third-order valence-corrected chi connectivity index (χ3v) is 15.6. The normalized spacial score (nSPS) is 25.5. The smallest absolute Gasteiger partial charge is 0.432 e. The summed E-state index contributed by atoms with van der Waals surface area (Å²) in [5.41, 5.74) is 17.1. The van der Waals surface area contributed by atoms with Crippen molar-refractivity contribution in [2.75, 3.05) is 43.8 Å². The molecular weight excluding hydrogens is 1310 g/mol. The molecule has 15 atom stereocenters. The molecule has 0 spiro atoms. The van der Waals surface area contributed by atoms with Crippen LogP contribution in [0.4, 0.5) is 27.9 Å². The summed E-state index contributed by atoms with van der Waals surface area (Å²) in [7, 11) is -13.9. The van der Waals surface area contributed by atoms with Gasteiger partial charge >= 0.3 is 29.6 Å². The maximum absolute atomic E-state index is 12.1. The minimum atomic E-state index is -4.69. The minimum absolute atomic E-state index is 0. The number of aromatic nitrogens is 6. The van der Waals surface area contributed by atoms with Crippen LogP contribution in [-0.2, 0) is 55.5 Å². The summed E-state index contributed by atoms with van der Waals surface area (Å²) in [5.74, 6) is -1.52. The number of nitrogens with zero attached hydrogens (tertiary/aromatic N) is 7. The first-order valence-corrected chi connectivity index (χ1v) is 30.7. The van der Waals surface area contributed by atoms with Crippen molar-refractivity contribution < 1.29 is 134 Å². The number of nitrogen functional groups attached to an aromatic ring is 3. The summed E-state index contributed by atoms with van der Waals surface area (Å²) in [6.45, 7) is 4.15. The van der Waals surface area contributed by atoms with E-state index in [4.69, 9.17) is 65.6 Å². The van der Waals surface area contributed by atoms with Gasteiger partial charge in [-0.15, -0.1) is 0 Å². The molecule has 3 fully saturated rings. The van der Waals surface area contributed by atoms with Crippen molar-refractivity contribution in [3.63, 3.8) is 0 Å². The molecule has 8 rings (SSSR count). The molecule has 3 unspecified atom stereocenters. The molecule has 0 amide bonds. The molecule has 3 aliphatic heterocycles. The SMILES string of the molecule is C.CC(=O)c1ncn([C@@H]2O[C@H](COP(=O)(O)OCOC(=O)OC(C)C)[C@@H](O)[C@H]2O)c1N.CC(=O)c1ncn([C@@H]2O[C@H](COP(=O)(O)Oc3ccc(Cl)cc3)[C@@H](O)[C@H]2O)c1N.CC(=O)c1ncn([C@@H]2O[C@H](COP(=O)(O)Oc3ccc([N+](=O)[O-])cc3)[C@@H](O)[C@H]2O)c1N. The van der Waals surface area contributed by atoms with Gasteiger partial charge in [-0.3, -0.25) is 61.6 Å². The van der Waals surface area contributed by atoms with E-state index < -0.39 is 152 Å². The Bertz CT molecular complexity index is 3490. The molecule has 3 aliphatic rings. The lowest BCUT2D eigenvalue weighted by molar-refractivity contribution is -0.384. The molecule has 0 radical (unpaired) electrons. The summed E-state index contributed by atoms with van der Waals surface area (Å²) in [4.78, 5) is 96.4. The van der Waals surface area contributed by atoms with Crippen molar-refractivity contribution in [2.24, 2.45) is 0 Å². The fourth-order valence-corrected chi connectivity index (χ4v) is 10.4. The van der Waals surface area contributed by atoms with Gasteiger partial charge in [0.1, 0.15) is 101 Å². The highest BCUT2D eigenvalue weighted by Gasteiger charge is 2.48. The topological polar surface area (TPSA) is 578 Å². The molecule has 6 heterocycles. The number of aliphatic hydroxyl groups is 6. The number of hydrogen-bond donors (Lipinski definition) is 12. The Morgan fingerprint density at radius 2 is 0.901 bits per heavy atom. The lowest BCUT2D eigenvalue weighted by Gasteiger charge is -2.18. The zero-order valence-corrected chi connectivity index (χ0v) is 50.9. The number of phosphoric ester groups is 3. The number of carbonyl (C=O) groups excluding carboxylic acids is 4. The second kappa shape index (κ2) is 31.6. The Morgan fingerprint density at radius 1 is 0.582 bits per heavy atom. The number of nitro groups is 1. The first kappa shape index (κ1) is 74.8. The zero-order valence-electron chi connectivity index (χ0n) is 47.5. The number of ketones is 3. The number of nitro benzene ring substituents is 1. The molecule has 0 aliphatic carbocycles. The Morgan fingerprint density at radius 3 is 1.20 bits per heavy atom. The largest absolute Gasteiger partial charge is 0.527 e.